The van der Waals surface area contributed by atoms with E-state index in [1.165, 1.54) is 7.11 Å². The summed E-state index contributed by atoms with van der Waals surface area (Å²) in [5.41, 5.74) is 2.87. The summed E-state index contributed by atoms with van der Waals surface area (Å²) in [6, 6.07) is 23.5. The molecular formula is C54H66ClN3O11. The number of aliphatic hydroxyl groups is 2. The van der Waals surface area contributed by atoms with E-state index in [4.69, 9.17) is 50.0 Å². The second-order valence-electron chi connectivity index (χ2n) is 18.6. The number of unbranched alkanes of at least 4 members (excludes halogenated alkanes) is 2. The van der Waals surface area contributed by atoms with Crippen LogP contribution < -0.4 is 24.3 Å². The number of oxime groups is 1. The van der Waals surface area contributed by atoms with Crippen molar-refractivity contribution in [2.24, 2.45) is 22.9 Å². The van der Waals surface area contributed by atoms with Crippen molar-refractivity contribution in [2.45, 2.75) is 95.6 Å². The van der Waals surface area contributed by atoms with Crippen LogP contribution in [0.5, 0.6) is 23.0 Å². The third kappa shape index (κ3) is 11.6. The molecule has 0 saturated heterocycles. The van der Waals surface area contributed by atoms with E-state index in [-0.39, 0.29) is 68.8 Å². The Labute approximate surface area is 410 Å². The van der Waals surface area contributed by atoms with E-state index < -0.39 is 35.5 Å². The Kier molecular flexibility index (Phi) is 17.2. The maximum Gasteiger partial charge on any atom is 0.417 e. The summed E-state index contributed by atoms with van der Waals surface area (Å²) in [5, 5.41) is 29.8. The van der Waals surface area contributed by atoms with Gasteiger partial charge in [-0.1, -0.05) is 72.6 Å². The molecule has 0 aromatic heterocycles. The van der Waals surface area contributed by atoms with Gasteiger partial charge in [-0.3, -0.25) is 10.2 Å². The second kappa shape index (κ2) is 23.2. The quantitative estimate of drug-likeness (QED) is 0.0315. The largest absolute Gasteiger partial charge is 0.497 e. The van der Waals surface area contributed by atoms with E-state index in [1.807, 2.05) is 69.3 Å². The number of anilines is 1. The number of nitrogens with one attached hydrogen (secondary N) is 1. The molecule has 4 aromatic rings. The van der Waals surface area contributed by atoms with Crippen LogP contribution in [0.1, 0.15) is 82.8 Å². The van der Waals surface area contributed by atoms with Gasteiger partial charge in [0.05, 0.1) is 50.6 Å². The molecule has 7 rings (SSSR count). The third-order valence-electron chi connectivity index (χ3n) is 13.1. The number of alkyl halides is 1. The molecule has 1 aliphatic heterocycles. The molecule has 0 spiro atoms. The van der Waals surface area contributed by atoms with Gasteiger partial charge in [0.15, 0.2) is 0 Å². The standard InChI is InChI=1S/C54H66ClN3O11/c1-7-28-66-54-48(58(52(62)65-29-25-55)34-37-18-14-17-35-15-8-9-19-40(35)37)33-45(57-69-53(2,3)4)42-30-36(16-10-12-26-59)41(20-11-13-27-60)49(50(42)54)43-31-39(22-24-46(43)68-54)67-51(61)56-44-23-21-38(63-5)32-47(44)64-6/h7-9,14-15,17-19,21-24,30-32,36,41,48-50,59-60H,1,10-13,16,20,25-29,33-34H2,2-6H3,(H,56,61). The minimum absolute atomic E-state index is 0.0261. The van der Waals surface area contributed by atoms with Gasteiger partial charge in [-0.2, -0.15) is 0 Å². The number of hydrogen-bond acceptors (Lipinski definition) is 12. The minimum Gasteiger partial charge on any atom is -0.497 e. The molecule has 69 heavy (non-hydrogen) atoms. The van der Waals surface area contributed by atoms with Gasteiger partial charge in [0, 0.05) is 37.2 Å². The van der Waals surface area contributed by atoms with E-state index in [2.05, 4.69) is 18.0 Å². The van der Waals surface area contributed by atoms with Crippen LogP contribution in [0.3, 0.4) is 0 Å². The zero-order valence-corrected chi connectivity index (χ0v) is 41.0. The molecule has 14 nitrogen and oxygen atoms in total. The monoisotopic (exact) mass is 967 g/mol. The van der Waals surface area contributed by atoms with Crippen LogP contribution in [0.25, 0.3) is 10.8 Å². The van der Waals surface area contributed by atoms with Gasteiger partial charge < -0.3 is 43.5 Å². The molecule has 6 unspecified atom stereocenters. The van der Waals surface area contributed by atoms with Crippen molar-refractivity contribution in [2.75, 3.05) is 51.8 Å². The van der Waals surface area contributed by atoms with Crippen LogP contribution in [0, 0.1) is 17.8 Å². The first-order chi connectivity index (χ1) is 33.4. The maximum absolute atomic E-state index is 14.9. The average Bonchev–Trinajstić information content (AvgIpc) is 3.34. The fraction of sp³-hybridized carbons (Fsp3) is 0.463. The van der Waals surface area contributed by atoms with Gasteiger partial charge in [-0.15, -0.1) is 18.2 Å². The number of amides is 2. The number of methoxy groups -OCH3 is 2. The lowest BCUT2D eigenvalue weighted by atomic mass is 9.55. The van der Waals surface area contributed by atoms with E-state index in [0.717, 1.165) is 46.7 Å². The van der Waals surface area contributed by atoms with E-state index in [9.17, 15) is 19.8 Å². The number of aliphatic hydroxyl groups excluding tert-OH is 2. The van der Waals surface area contributed by atoms with Gasteiger partial charge in [0.25, 0.3) is 0 Å². The number of ether oxygens (including phenoxy) is 6. The number of hydrogen-bond donors (Lipinski definition) is 3. The van der Waals surface area contributed by atoms with Gasteiger partial charge in [0.1, 0.15) is 41.2 Å². The summed E-state index contributed by atoms with van der Waals surface area (Å²) in [5.74, 6) is -0.886. The summed E-state index contributed by atoms with van der Waals surface area (Å²) < 4.78 is 37.4. The van der Waals surface area contributed by atoms with Crippen LogP contribution in [-0.4, -0.2) is 97.0 Å². The molecular weight excluding hydrogens is 902 g/mol. The maximum atomic E-state index is 14.9. The van der Waals surface area contributed by atoms with Gasteiger partial charge in [0.2, 0.25) is 5.79 Å². The number of carbonyl (C=O) groups excluding carboxylic acids is 2. The lowest BCUT2D eigenvalue weighted by Crippen LogP contribution is -2.70. The Balaban J connectivity index is 1.44. The van der Waals surface area contributed by atoms with Crippen molar-refractivity contribution in [3.8, 4) is 23.0 Å². The van der Waals surface area contributed by atoms with Gasteiger partial charge in [-0.05, 0) is 111 Å². The lowest BCUT2D eigenvalue weighted by molar-refractivity contribution is -0.256. The van der Waals surface area contributed by atoms with Crippen LogP contribution in [0.15, 0.2) is 108 Å². The minimum atomic E-state index is -1.57. The normalized spacial score (nSPS) is 22.1. The molecule has 1 fully saturated rings. The number of allylic oxidation sites excluding steroid dienone is 1. The smallest absolute Gasteiger partial charge is 0.417 e. The van der Waals surface area contributed by atoms with Crippen molar-refractivity contribution in [1.82, 2.24) is 4.90 Å². The molecule has 15 heteroatoms. The zero-order valence-electron chi connectivity index (χ0n) is 40.3. The highest BCUT2D eigenvalue weighted by atomic mass is 35.5. The molecule has 2 amide bonds. The topological polar surface area (TPSA) is 167 Å². The predicted octanol–water partition coefficient (Wildman–Crippen LogP) is 10.8. The Hall–Kier alpha value is -5.80. The second-order valence-corrected chi connectivity index (χ2v) is 19.0. The molecule has 1 heterocycles. The highest BCUT2D eigenvalue weighted by Gasteiger charge is 2.66. The van der Waals surface area contributed by atoms with E-state index >= 15 is 0 Å². The molecule has 3 aliphatic rings. The fourth-order valence-corrected chi connectivity index (χ4v) is 10.2. The van der Waals surface area contributed by atoms with Crippen LogP contribution in [0.4, 0.5) is 15.3 Å². The van der Waals surface area contributed by atoms with Gasteiger partial charge in [-0.25, -0.2) is 9.59 Å². The zero-order chi connectivity index (χ0) is 49.1. The molecule has 3 N–H and O–H groups in total. The third-order valence-corrected chi connectivity index (χ3v) is 13.2. The van der Waals surface area contributed by atoms with E-state index in [1.54, 1.807) is 48.4 Å². The SMILES string of the molecule is C=CCOC12Oc3ccc(OC(=O)Nc4ccc(OC)cc4OC)cc3C3C(CCCCO)C(CCCCO)C=C(C(=NOC(C)(C)C)CC1N(Cc1cccc4ccccc14)C(=O)OCCCl)C32. The summed E-state index contributed by atoms with van der Waals surface area (Å²) in [7, 11) is 3.05. The molecule has 370 valence electrons. The van der Waals surface area contributed by atoms with E-state index in [0.29, 0.717) is 47.9 Å². The molecule has 1 saturated carbocycles. The Morgan fingerprint density at radius 1 is 0.957 bits per heavy atom. The number of fused-ring (bicyclic) bond motifs is 3. The fourth-order valence-electron chi connectivity index (χ4n) is 10.2. The number of nitrogens with zero attached hydrogens (tertiary/aromatic N) is 2. The van der Waals surface area contributed by atoms with Crippen molar-refractivity contribution in [3.63, 3.8) is 0 Å². The Bertz CT molecular complexity index is 2480. The Morgan fingerprint density at radius 3 is 2.43 bits per heavy atom. The molecule has 0 radical (unpaired) electrons. The number of rotatable bonds is 21. The highest BCUT2D eigenvalue weighted by molar-refractivity contribution is 6.18. The van der Waals surface area contributed by atoms with Crippen molar-refractivity contribution in [1.29, 1.82) is 0 Å². The molecule has 2 aliphatic carbocycles. The predicted molar refractivity (Wildman–Crippen MR) is 267 cm³/mol. The van der Waals surface area contributed by atoms with Crippen LogP contribution >= 0.6 is 11.6 Å². The van der Waals surface area contributed by atoms with Crippen molar-refractivity contribution >= 4 is 46.0 Å². The number of carbonyl (C=O) groups is 2. The van der Waals surface area contributed by atoms with Gasteiger partial charge >= 0.3 is 12.2 Å². The van der Waals surface area contributed by atoms with Crippen molar-refractivity contribution in [3.05, 3.63) is 114 Å². The molecule has 0 bridgehead atoms. The van der Waals surface area contributed by atoms with Crippen LogP contribution in [0.2, 0.25) is 0 Å². The van der Waals surface area contributed by atoms with Crippen LogP contribution in [-0.2, 0) is 20.9 Å². The summed E-state index contributed by atoms with van der Waals surface area (Å²) in [6.45, 7) is 10.1. The summed E-state index contributed by atoms with van der Waals surface area (Å²) in [4.78, 5) is 36.5. The first kappa shape index (κ1) is 51.1. The lowest BCUT2D eigenvalue weighted by Gasteiger charge is -2.60. The van der Waals surface area contributed by atoms with Crippen molar-refractivity contribution < 1.29 is 53.1 Å². The molecule has 4 aromatic carbocycles. The number of halogens is 1. The highest BCUT2D eigenvalue weighted by Crippen LogP contribution is 2.62. The summed E-state index contributed by atoms with van der Waals surface area (Å²) >= 11 is 6.17. The first-order valence-corrected chi connectivity index (χ1v) is 24.4. The molecule has 6 atom stereocenters. The number of benzene rings is 4. The summed E-state index contributed by atoms with van der Waals surface area (Å²) in [6.07, 6.45) is 6.92. The first-order valence-electron chi connectivity index (χ1n) is 23.8. The average molecular weight is 969 g/mol. The Morgan fingerprint density at radius 2 is 1.71 bits per heavy atom.